The lowest BCUT2D eigenvalue weighted by Crippen LogP contribution is -2.20. The van der Waals surface area contributed by atoms with E-state index in [1.807, 2.05) is 12.1 Å². The van der Waals surface area contributed by atoms with Crippen LogP contribution in [0.5, 0.6) is 0 Å². The Morgan fingerprint density at radius 3 is 2.96 bits per heavy atom. The Labute approximate surface area is 165 Å². The molecule has 0 bridgehead atoms. The molecule has 27 heavy (non-hydrogen) atoms. The maximum atomic E-state index is 11.5. The van der Waals surface area contributed by atoms with Crippen molar-refractivity contribution in [3.8, 4) is 0 Å². The van der Waals surface area contributed by atoms with Gasteiger partial charge in [0.1, 0.15) is 15.5 Å². The third-order valence-electron chi connectivity index (χ3n) is 5.12. The zero-order chi connectivity index (χ0) is 19.0. The first kappa shape index (κ1) is 18.3. The molecule has 0 fully saturated rings. The Kier molecular flexibility index (Phi) is 5.08. The number of carbonyl (C=O) groups is 1. The van der Waals surface area contributed by atoms with Crippen molar-refractivity contribution < 1.29 is 9.90 Å². The minimum Gasteiger partial charge on any atom is -0.396 e. The van der Waals surface area contributed by atoms with Crippen LogP contribution < -0.4 is 5.73 Å². The molecule has 1 aliphatic carbocycles. The Morgan fingerprint density at radius 2 is 2.26 bits per heavy atom. The molecule has 0 spiro atoms. The number of pyridine rings is 2. The molecule has 1 aliphatic rings. The number of aliphatic hydroxyl groups is 1. The number of aryl methyl sites for hydroxylation is 1. The van der Waals surface area contributed by atoms with E-state index in [1.54, 1.807) is 12.3 Å². The van der Waals surface area contributed by atoms with Gasteiger partial charge in [0.05, 0.1) is 0 Å². The summed E-state index contributed by atoms with van der Waals surface area (Å²) in [5, 5.41) is 10.4. The van der Waals surface area contributed by atoms with Crippen molar-refractivity contribution >= 4 is 39.2 Å². The molecular weight excluding hydrogens is 384 g/mol. The van der Waals surface area contributed by atoms with Gasteiger partial charge in [0, 0.05) is 24.4 Å². The molecule has 3 aromatic heterocycles. The lowest BCUT2D eigenvalue weighted by Gasteiger charge is -2.31. The monoisotopic (exact) mass is 402 g/mol. The van der Waals surface area contributed by atoms with Crippen LogP contribution in [0, 0.1) is 0 Å². The average molecular weight is 403 g/mol. The van der Waals surface area contributed by atoms with Crippen LogP contribution in [0.15, 0.2) is 24.4 Å². The molecule has 3 aromatic rings. The third-order valence-corrected chi connectivity index (χ3v) is 6.33. The van der Waals surface area contributed by atoms with Gasteiger partial charge >= 0.3 is 0 Å². The molecule has 0 saturated heterocycles. The zero-order valence-electron chi connectivity index (χ0n) is 14.6. The number of aliphatic hydroxyl groups excluding tert-OH is 1. The second-order valence-corrected chi connectivity index (χ2v) is 8.14. The highest BCUT2D eigenvalue weighted by atomic mass is 35.5. The molecule has 6 nitrogen and oxygen atoms in total. The van der Waals surface area contributed by atoms with Crippen LogP contribution in [0.4, 0.5) is 0 Å². The molecule has 1 amide bonds. The van der Waals surface area contributed by atoms with Crippen molar-refractivity contribution in [3.05, 3.63) is 51.4 Å². The van der Waals surface area contributed by atoms with E-state index in [2.05, 4.69) is 9.97 Å². The van der Waals surface area contributed by atoms with Crippen molar-refractivity contribution in [2.75, 3.05) is 6.61 Å². The molecule has 2 atom stereocenters. The molecule has 8 heteroatoms. The maximum Gasteiger partial charge on any atom is 0.277 e. The average Bonchev–Trinajstić information content (AvgIpc) is 3.08. The molecule has 140 valence electrons. The predicted octanol–water partition coefficient (Wildman–Crippen LogP) is 3.42. The van der Waals surface area contributed by atoms with Crippen LogP contribution in [-0.4, -0.2) is 32.6 Å². The van der Waals surface area contributed by atoms with Gasteiger partial charge in [-0.25, -0.2) is 15.0 Å². The molecule has 4 rings (SSSR count). The summed E-state index contributed by atoms with van der Waals surface area (Å²) in [7, 11) is 0. The highest BCUT2D eigenvalue weighted by Gasteiger charge is 2.31. The molecule has 0 aromatic carbocycles. The fraction of sp³-hybridized carbons (Fsp3) is 0.368. The van der Waals surface area contributed by atoms with E-state index < -0.39 is 5.91 Å². The molecule has 0 aliphatic heterocycles. The van der Waals surface area contributed by atoms with E-state index in [1.165, 1.54) is 11.3 Å². The topological polar surface area (TPSA) is 102 Å². The zero-order valence-corrected chi connectivity index (χ0v) is 16.1. The van der Waals surface area contributed by atoms with Gasteiger partial charge in [0.2, 0.25) is 0 Å². The van der Waals surface area contributed by atoms with Crippen molar-refractivity contribution in [1.29, 1.82) is 0 Å². The highest BCUT2D eigenvalue weighted by molar-refractivity contribution is 7.19. The van der Waals surface area contributed by atoms with Gasteiger partial charge < -0.3 is 10.8 Å². The highest BCUT2D eigenvalue weighted by Crippen LogP contribution is 2.43. The number of thiazole rings is 1. The van der Waals surface area contributed by atoms with Gasteiger partial charge in [-0.1, -0.05) is 29.0 Å². The summed E-state index contributed by atoms with van der Waals surface area (Å²) in [6.45, 7) is 0.0910. The summed E-state index contributed by atoms with van der Waals surface area (Å²) >= 11 is 7.16. The normalized spacial score (nSPS) is 17.6. The SMILES string of the molecule is NC(=O)c1nc2cc3c(nc2s1)C([C@@H](CCO)c1ccc(Cl)nc1)CCC3. The summed E-state index contributed by atoms with van der Waals surface area (Å²) < 4.78 is 0. The van der Waals surface area contributed by atoms with E-state index in [9.17, 15) is 9.90 Å². The number of aromatic nitrogens is 3. The summed E-state index contributed by atoms with van der Waals surface area (Å²) in [5.74, 6) is -0.252. The number of halogens is 1. The second-order valence-electron chi connectivity index (χ2n) is 6.77. The van der Waals surface area contributed by atoms with Crippen LogP contribution >= 0.6 is 22.9 Å². The van der Waals surface area contributed by atoms with E-state index >= 15 is 0 Å². The number of hydrogen-bond donors (Lipinski definition) is 2. The predicted molar refractivity (Wildman–Crippen MR) is 105 cm³/mol. The fourth-order valence-corrected chi connectivity index (χ4v) is 4.82. The summed E-state index contributed by atoms with van der Waals surface area (Å²) in [4.78, 5) is 25.6. The van der Waals surface area contributed by atoms with E-state index in [0.29, 0.717) is 11.6 Å². The first-order valence-corrected chi connectivity index (χ1v) is 10.1. The molecular formula is C19H19ClN4O2S. The molecule has 0 saturated carbocycles. The van der Waals surface area contributed by atoms with Gasteiger partial charge in [-0.3, -0.25) is 4.79 Å². The van der Waals surface area contributed by atoms with E-state index in [-0.39, 0.29) is 23.5 Å². The van der Waals surface area contributed by atoms with E-state index in [0.717, 1.165) is 46.4 Å². The minimum atomic E-state index is -0.530. The molecule has 0 radical (unpaired) electrons. The second kappa shape index (κ2) is 7.50. The lowest BCUT2D eigenvalue weighted by atomic mass is 9.75. The number of rotatable bonds is 5. The third kappa shape index (κ3) is 3.54. The van der Waals surface area contributed by atoms with Crippen molar-refractivity contribution in [3.63, 3.8) is 0 Å². The van der Waals surface area contributed by atoms with Gasteiger partial charge in [-0.2, -0.15) is 0 Å². The molecule has 3 N–H and O–H groups in total. The smallest absolute Gasteiger partial charge is 0.277 e. The Balaban J connectivity index is 1.78. The van der Waals surface area contributed by atoms with Crippen molar-refractivity contribution in [2.45, 2.75) is 37.5 Å². The van der Waals surface area contributed by atoms with Gasteiger partial charge in [-0.15, -0.1) is 0 Å². The minimum absolute atomic E-state index is 0.0910. The molecule has 3 heterocycles. The van der Waals surface area contributed by atoms with Crippen molar-refractivity contribution in [2.24, 2.45) is 5.73 Å². The molecule has 1 unspecified atom stereocenters. The number of carbonyl (C=O) groups excluding carboxylic acids is 1. The van der Waals surface area contributed by atoms with Crippen LogP contribution in [0.25, 0.3) is 10.3 Å². The van der Waals surface area contributed by atoms with Gasteiger partial charge in [-0.05, 0) is 54.9 Å². The van der Waals surface area contributed by atoms with Crippen LogP contribution in [-0.2, 0) is 6.42 Å². The number of hydrogen-bond acceptors (Lipinski definition) is 6. The largest absolute Gasteiger partial charge is 0.396 e. The summed E-state index contributed by atoms with van der Waals surface area (Å²) in [5.41, 5.74) is 9.33. The summed E-state index contributed by atoms with van der Waals surface area (Å²) in [6.07, 6.45) is 5.37. The lowest BCUT2D eigenvalue weighted by molar-refractivity contribution is 0.1000. The van der Waals surface area contributed by atoms with Crippen LogP contribution in [0.1, 0.15) is 57.7 Å². The number of nitrogens with zero attached hydrogens (tertiary/aromatic N) is 3. The van der Waals surface area contributed by atoms with Gasteiger partial charge in [0.15, 0.2) is 5.01 Å². The Morgan fingerprint density at radius 1 is 1.41 bits per heavy atom. The summed E-state index contributed by atoms with van der Waals surface area (Å²) in [6, 6.07) is 5.78. The Bertz CT molecular complexity index is 989. The van der Waals surface area contributed by atoms with Gasteiger partial charge in [0.25, 0.3) is 5.91 Å². The van der Waals surface area contributed by atoms with Crippen LogP contribution in [0.2, 0.25) is 5.15 Å². The number of amides is 1. The van der Waals surface area contributed by atoms with Crippen molar-refractivity contribution in [1.82, 2.24) is 15.0 Å². The number of fused-ring (bicyclic) bond motifs is 2. The Hall–Kier alpha value is -2.09. The quantitative estimate of drug-likeness (QED) is 0.636. The first-order chi connectivity index (χ1) is 13.1. The van der Waals surface area contributed by atoms with E-state index in [4.69, 9.17) is 22.3 Å². The van der Waals surface area contributed by atoms with Crippen LogP contribution in [0.3, 0.4) is 0 Å². The standard InChI is InChI=1S/C19H19ClN4O2S/c20-15-5-4-11(9-22-15)12(6-7-25)13-3-1-2-10-8-14-18(24-16(10)13)27-19(23-14)17(21)26/h4-5,8-9,12-13,25H,1-3,6-7H2,(H2,21,26)/t12-,13?/m0/s1. The number of primary amides is 1. The first-order valence-electron chi connectivity index (χ1n) is 8.89. The fourth-order valence-electron chi connectivity index (χ4n) is 3.93. The maximum absolute atomic E-state index is 11.5. The number of nitrogens with two attached hydrogens (primary N) is 1.